The minimum Gasteiger partial charge on any atom is -0.481 e. The fraction of sp³-hybridized carbons (Fsp3) is 0.333. The van der Waals surface area contributed by atoms with E-state index in [0.29, 0.717) is 40.7 Å². The number of nitrogens with zero attached hydrogens (tertiary/aromatic N) is 1. The van der Waals surface area contributed by atoms with Crippen molar-refractivity contribution in [2.24, 2.45) is 0 Å². The van der Waals surface area contributed by atoms with Gasteiger partial charge in [0.15, 0.2) is 6.10 Å². The summed E-state index contributed by atoms with van der Waals surface area (Å²) < 4.78 is 25.0. The molecule has 3 aromatic rings. The maximum absolute atomic E-state index is 13.5. The molecule has 0 saturated carbocycles. The molecule has 0 aliphatic carbocycles. The lowest BCUT2D eigenvalue weighted by Crippen LogP contribution is -2.51. The van der Waals surface area contributed by atoms with Crippen molar-refractivity contribution in [2.45, 2.75) is 39.1 Å². The third-order valence-electron chi connectivity index (χ3n) is 5.49. The van der Waals surface area contributed by atoms with Crippen molar-refractivity contribution in [1.82, 2.24) is 9.88 Å². The summed E-state index contributed by atoms with van der Waals surface area (Å²) in [6, 6.07) is 9.16. The number of hydrogen-bond donors (Lipinski definition) is 1. The van der Waals surface area contributed by atoms with E-state index >= 15 is 0 Å². The number of benzene rings is 2. The summed E-state index contributed by atoms with van der Waals surface area (Å²) in [4.78, 5) is 29.8. The normalized spacial score (nSPS) is 19.7. The molecule has 2 heterocycles. The molecule has 0 bridgehead atoms. The maximum atomic E-state index is 13.5. The minimum atomic E-state index is -0.723. The first-order chi connectivity index (χ1) is 15.2. The standard InChI is InChI=1S/C24H24ClFN2O4/c1-13-11-28(12-14(2)31-13)24(30)15(3)32-17-5-7-18-20(9-17)23(29)27-10-21(18)19-6-4-16(26)8-22(19)25/h4-10,13-15H,11-12H2,1-3H3,(H,27,29). The minimum absolute atomic E-state index is 0.0363. The zero-order valence-corrected chi connectivity index (χ0v) is 18.8. The van der Waals surface area contributed by atoms with Gasteiger partial charge in [-0.1, -0.05) is 11.6 Å². The predicted octanol–water partition coefficient (Wildman–Crippen LogP) is 4.39. The van der Waals surface area contributed by atoms with Gasteiger partial charge in [-0.3, -0.25) is 9.59 Å². The van der Waals surface area contributed by atoms with Gasteiger partial charge in [-0.05, 0) is 62.6 Å². The van der Waals surface area contributed by atoms with E-state index in [1.165, 1.54) is 12.1 Å². The Kier molecular flexibility index (Phi) is 6.22. The van der Waals surface area contributed by atoms with Gasteiger partial charge in [0.05, 0.1) is 22.6 Å². The number of nitrogens with one attached hydrogen (secondary N) is 1. The Labute approximate surface area is 189 Å². The van der Waals surface area contributed by atoms with Crippen LogP contribution in [0.3, 0.4) is 0 Å². The van der Waals surface area contributed by atoms with E-state index in [0.717, 1.165) is 0 Å². The van der Waals surface area contributed by atoms with Crippen molar-refractivity contribution < 1.29 is 18.7 Å². The summed E-state index contributed by atoms with van der Waals surface area (Å²) in [5, 5.41) is 1.27. The van der Waals surface area contributed by atoms with Gasteiger partial charge >= 0.3 is 0 Å². The number of fused-ring (bicyclic) bond motifs is 1. The van der Waals surface area contributed by atoms with Crippen LogP contribution < -0.4 is 10.3 Å². The molecule has 1 N–H and O–H groups in total. The molecule has 0 spiro atoms. The van der Waals surface area contributed by atoms with Gasteiger partial charge in [0.1, 0.15) is 11.6 Å². The quantitative estimate of drug-likeness (QED) is 0.629. The molecule has 1 aromatic heterocycles. The number of rotatable bonds is 4. The Bertz CT molecular complexity index is 1220. The van der Waals surface area contributed by atoms with Crippen LogP contribution in [0.1, 0.15) is 20.8 Å². The highest BCUT2D eigenvalue weighted by molar-refractivity contribution is 6.33. The largest absolute Gasteiger partial charge is 0.481 e. The Morgan fingerprint density at radius 3 is 2.56 bits per heavy atom. The molecule has 8 heteroatoms. The predicted molar refractivity (Wildman–Crippen MR) is 122 cm³/mol. The van der Waals surface area contributed by atoms with Gasteiger partial charge in [-0.25, -0.2) is 4.39 Å². The summed E-state index contributed by atoms with van der Waals surface area (Å²) in [7, 11) is 0. The molecule has 6 nitrogen and oxygen atoms in total. The molecule has 0 radical (unpaired) electrons. The van der Waals surface area contributed by atoms with E-state index in [2.05, 4.69) is 4.98 Å². The van der Waals surface area contributed by atoms with Crippen LogP contribution >= 0.6 is 11.6 Å². The molecule has 1 aliphatic rings. The summed E-state index contributed by atoms with van der Waals surface area (Å²) >= 11 is 6.23. The average molecular weight is 459 g/mol. The zero-order chi connectivity index (χ0) is 23.0. The summed E-state index contributed by atoms with van der Waals surface area (Å²) in [6.45, 7) is 6.58. The van der Waals surface area contributed by atoms with Crippen molar-refractivity contribution in [3.05, 3.63) is 63.8 Å². The van der Waals surface area contributed by atoms with Crippen LogP contribution in [0.2, 0.25) is 5.02 Å². The van der Waals surface area contributed by atoms with Crippen LogP contribution in [-0.4, -0.2) is 47.2 Å². The van der Waals surface area contributed by atoms with Crippen LogP contribution in [-0.2, 0) is 9.53 Å². The van der Waals surface area contributed by atoms with Crippen LogP contribution in [0.25, 0.3) is 21.9 Å². The van der Waals surface area contributed by atoms with E-state index in [9.17, 15) is 14.0 Å². The molecule has 32 heavy (non-hydrogen) atoms. The number of amides is 1. The van der Waals surface area contributed by atoms with E-state index < -0.39 is 11.9 Å². The van der Waals surface area contributed by atoms with E-state index in [1.54, 1.807) is 42.3 Å². The number of hydrogen-bond acceptors (Lipinski definition) is 4. The van der Waals surface area contributed by atoms with Gasteiger partial charge < -0.3 is 19.4 Å². The molecule has 1 saturated heterocycles. The van der Waals surface area contributed by atoms with E-state index in [4.69, 9.17) is 21.1 Å². The van der Waals surface area contributed by atoms with E-state index in [1.807, 2.05) is 13.8 Å². The number of pyridine rings is 1. The van der Waals surface area contributed by atoms with Crippen molar-refractivity contribution in [3.63, 3.8) is 0 Å². The summed E-state index contributed by atoms with van der Waals surface area (Å²) in [5.41, 5.74) is 0.959. The molecular formula is C24H24ClFN2O4. The van der Waals surface area contributed by atoms with Gasteiger partial charge in [0.2, 0.25) is 0 Å². The first-order valence-corrected chi connectivity index (χ1v) is 10.8. The molecular weight excluding hydrogens is 435 g/mol. The zero-order valence-electron chi connectivity index (χ0n) is 18.0. The van der Waals surface area contributed by atoms with Gasteiger partial charge in [0, 0.05) is 30.4 Å². The third-order valence-corrected chi connectivity index (χ3v) is 5.80. The molecule has 168 valence electrons. The van der Waals surface area contributed by atoms with Crippen molar-refractivity contribution >= 4 is 28.3 Å². The number of morpholine rings is 1. The van der Waals surface area contributed by atoms with E-state index in [-0.39, 0.29) is 28.7 Å². The van der Waals surface area contributed by atoms with Crippen molar-refractivity contribution in [1.29, 1.82) is 0 Å². The number of ether oxygens (including phenoxy) is 2. The smallest absolute Gasteiger partial charge is 0.263 e. The first kappa shape index (κ1) is 22.3. The lowest BCUT2D eigenvalue weighted by Gasteiger charge is -2.36. The Morgan fingerprint density at radius 1 is 1.16 bits per heavy atom. The lowest BCUT2D eigenvalue weighted by atomic mass is 10.0. The second kappa shape index (κ2) is 8.92. The van der Waals surface area contributed by atoms with Crippen LogP contribution in [0.4, 0.5) is 4.39 Å². The SMILES string of the molecule is CC1CN(C(=O)C(C)Oc2ccc3c(-c4ccc(F)cc4Cl)c[nH]c(=O)c3c2)CC(C)O1. The van der Waals surface area contributed by atoms with Crippen LogP contribution in [0.5, 0.6) is 5.75 Å². The molecule has 1 fully saturated rings. The second-order valence-corrected chi connectivity index (χ2v) is 8.53. The molecule has 3 atom stereocenters. The third kappa shape index (κ3) is 4.49. The van der Waals surface area contributed by atoms with Gasteiger partial charge in [-0.2, -0.15) is 0 Å². The van der Waals surface area contributed by atoms with Gasteiger partial charge in [-0.15, -0.1) is 0 Å². The Morgan fingerprint density at radius 2 is 1.88 bits per heavy atom. The number of carbonyl (C=O) groups excluding carboxylic acids is 1. The molecule has 4 rings (SSSR count). The fourth-order valence-corrected chi connectivity index (χ4v) is 4.38. The van der Waals surface area contributed by atoms with Crippen molar-refractivity contribution in [3.8, 4) is 16.9 Å². The lowest BCUT2D eigenvalue weighted by molar-refractivity contribution is -0.149. The summed E-state index contributed by atoms with van der Waals surface area (Å²) in [6.07, 6.45) is 0.757. The highest BCUT2D eigenvalue weighted by Gasteiger charge is 2.29. The number of carbonyl (C=O) groups is 1. The molecule has 1 aliphatic heterocycles. The number of halogens is 2. The summed E-state index contributed by atoms with van der Waals surface area (Å²) in [5.74, 6) is -0.167. The molecule has 1 amide bonds. The number of aromatic amines is 1. The maximum Gasteiger partial charge on any atom is 0.263 e. The fourth-order valence-electron chi connectivity index (χ4n) is 4.11. The monoisotopic (exact) mass is 458 g/mol. The molecule has 3 unspecified atom stereocenters. The molecule has 2 aromatic carbocycles. The number of aromatic nitrogens is 1. The first-order valence-electron chi connectivity index (χ1n) is 10.4. The topological polar surface area (TPSA) is 71.6 Å². The Balaban J connectivity index is 1.62. The van der Waals surface area contributed by atoms with Crippen LogP contribution in [0.15, 0.2) is 47.4 Å². The highest BCUT2D eigenvalue weighted by atomic mass is 35.5. The van der Waals surface area contributed by atoms with Crippen molar-refractivity contribution in [2.75, 3.05) is 13.1 Å². The number of H-pyrrole nitrogens is 1. The second-order valence-electron chi connectivity index (χ2n) is 8.12. The Hall–Kier alpha value is -2.90. The average Bonchev–Trinajstić information content (AvgIpc) is 2.73. The van der Waals surface area contributed by atoms with Crippen LogP contribution in [0, 0.1) is 5.82 Å². The van der Waals surface area contributed by atoms with Gasteiger partial charge in [0.25, 0.3) is 11.5 Å². The highest BCUT2D eigenvalue weighted by Crippen LogP contribution is 2.33.